The van der Waals surface area contributed by atoms with Crippen LogP contribution in [-0.4, -0.2) is 44.7 Å². The van der Waals surface area contributed by atoms with Gasteiger partial charge in [-0.05, 0) is 36.1 Å². The van der Waals surface area contributed by atoms with Crippen LogP contribution in [0.4, 0.5) is 0 Å². The summed E-state index contributed by atoms with van der Waals surface area (Å²) in [6, 6.07) is 10.0. The number of carbonyl (C=O) groups is 2. The quantitative estimate of drug-likeness (QED) is 0.480. The topological polar surface area (TPSA) is 124 Å². The Balaban J connectivity index is 1.95. The van der Waals surface area contributed by atoms with Crippen molar-refractivity contribution in [1.82, 2.24) is 20.6 Å². The first-order valence-electron chi connectivity index (χ1n) is 9.46. The number of rotatable bonds is 10. The second-order valence-electron chi connectivity index (χ2n) is 8.11. The molecule has 8 nitrogen and oxygen atoms in total. The Bertz CT molecular complexity index is 849. The van der Waals surface area contributed by atoms with E-state index in [1.54, 1.807) is 24.3 Å². The molecule has 0 bridgehead atoms. The third-order valence-electron chi connectivity index (χ3n) is 4.18. The maximum Gasteiger partial charge on any atom is 0.354 e. The number of nitrogens with zero attached hydrogens (tertiary/aromatic N) is 2. The first-order chi connectivity index (χ1) is 13.6. The molecule has 0 radical (unpaired) electrons. The lowest BCUT2D eigenvalue weighted by Gasteiger charge is -2.27. The van der Waals surface area contributed by atoms with E-state index in [0.717, 1.165) is 6.42 Å². The Hall–Kier alpha value is -2.84. The molecule has 2 rings (SSSR count). The fourth-order valence-corrected chi connectivity index (χ4v) is 2.97. The molecular weight excluding hydrogens is 372 g/mol. The zero-order valence-corrected chi connectivity index (χ0v) is 17.0. The molecule has 2 heterocycles. The molecule has 0 amide bonds. The van der Waals surface area contributed by atoms with Gasteiger partial charge in [0, 0.05) is 25.7 Å². The number of hydrogen-bond acceptors (Lipinski definition) is 6. The SMILES string of the molecule is CC(C)(C)CC(CNCc1cccc(C(=O)O)n1)NCc1cccc(C(=O)O)n1. The molecule has 29 heavy (non-hydrogen) atoms. The van der Waals surface area contributed by atoms with Crippen LogP contribution >= 0.6 is 0 Å². The summed E-state index contributed by atoms with van der Waals surface area (Å²) >= 11 is 0. The van der Waals surface area contributed by atoms with E-state index in [1.807, 2.05) is 0 Å². The largest absolute Gasteiger partial charge is 0.477 e. The zero-order valence-electron chi connectivity index (χ0n) is 17.0. The molecule has 8 heteroatoms. The summed E-state index contributed by atoms with van der Waals surface area (Å²) < 4.78 is 0. The van der Waals surface area contributed by atoms with Gasteiger partial charge in [0.1, 0.15) is 11.4 Å². The molecule has 1 unspecified atom stereocenters. The molecule has 0 spiro atoms. The van der Waals surface area contributed by atoms with Gasteiger partial charge in [0.2, 0.25) is 0 Å². The maximum absolute atomic E-state index is 11.1. The number of pyridine rings is 2. The van der Waals surface area contributed by atoms with Gasteiger partial charge in [-0.3, -0.25) is 0 Å². The third kappa shape index (κ3) is 7.97. The van der Waals surface area contributed by atoms with E-state index in [9.17, 15) is 9.59 Å². The van der Waals surface area contributed by atoms with Gasteiger partial charge in [-0.1, -0.05) is 32.9 Å². The Labute approximate surface area is 170 Å². The molecule has 0 aliphatic rings. The van der Waals surface area contributed by atoms with Crippen LogP contribution in [-0.2, 0) is 13.1 Å². The van der Waals surface area contributed by atoms with Crippen LogP contribution in [0.3, 0.4) is 0 Å². The minimum absolute atomic E-state index is 0.0260. The second kappa shape index (κ2) is 10.1. The van der Waals surface area contributed by atoms with Crippen LogP contribution < -0.4 is 10.6 Å². The maximum atomic E-state index is 11.1. The lowest BCUT2D eigenvalue weighted by molar-refractivity contribution is 0.0679. The van der Waals surface area contributed by atoms with Gasteiger partial charge in [0.25, 0.3) is 0 Å². The molecule has 0 fully saturated rings. The standard InChI is InChI=1S/C21H28N4O4/c1-21(2,3)10-16(23-13-15-7-5-9-18(25-15)20(28)29)12-22-11-14-6-4-8-17(24-14)19(26)27/h4-9,16,22-23H,10-13H2,1-3H3,(H,26,27)(H,28,29). The van der Waals surface area contributed by atoms with Gasteiger partial charge >= 0.3 is 11.9 Å². The van der Waals surface area contributed by atoms with Crippen molar-refractivity contribution in [2.45, 2.75) is 46.3 Å². The number of aromatic nitrogens is 2. The first-order valence-corrected chi connectivity index (χ1v) is 9.46. The molecule has 156 valence electrons. The van der Waals surface area contributed by atoms with Crippen LogP contribution in [0.25, 0.3) is 0 Å². The van der Waals surface area contributed by atoms with Crippen molar-refractivity contribution in [2.75, 3.05) is 6.54 Å². The van der Waals surface area contributed by atoms with E-state index >= 15 is 0 Å². The second-order valence-corrected chi connectivity index (χ2v) is 8.11. The molecule has 2 aromatic rings. The fraction of sp³-hybridized carbons (Fsp3) is 0.429. The first kappa shape index (κ1) is 22.4. The van der Waals surface area contributed by atoms with Crippen molar-refractivity contribution in [3.63, 3.8) is 0 Å². The number of carboxylic acids is 2. The van der Waals surface area contributed by atoms with E-state index in [2.05, 4.69) is 41.4 Å². The molecule has 1 atom stereocenters. The Morgan fingerprint density at radius 2 is 1.45 bits per heavy atom. The number of carboxylic acid groups (broad SMARTS) is 2. The van der Waals surface area contributed by atoms with E-state index in [4.69, 9.17) is 10.2 Å². The summed E-state index contributed by atoms with van der Waals surface area (Å²) in [6.07, 6.45) is 0.890. The van der Waals surface area contributed by atoms with Crippen LogP contribution in [0.1, 0.15) is 59.6 Å². The predicted octanol–water partition coefficient (Wildman–Crippen LogP) is 2.56. The number of hydrogen-bond donors (Lipinski definition) is 4. The fourth-order valence-electron chi connectivity index (χ4n) is 2.97. The van der Waals surface area contributed by atoms with Crippen molar-refractivity contribution in [3.05, 3.63) is 59.2 Å². The normalized spacial score (nSPS) is 12.5. The Kier molecular flexibility index (Phi) is 7.81. The smallest absolute Gasteiger partial charge is 0.354 e. The molecule has 0 aromatic carbocycles. The van der Waals surface area contributed by atoms with E-state index < -0.39 is 11.9 Å². The number of aromatic carboxylic acids is 2. The van der Waals surface area contributed by atoms with E-state index in [1.165, 1.54) is 12.1 Å². The van der Waals surface area contributed by atoms with Crippen LogP contribution in [0.2, 0.25) is 0 Å². The summed E-state index contributed by atoms with van der Waals surface area (Å²) in [4.78, 5) is 30.4. The predicted molar refractivity (Wildman–Crippen MR) is 109 cm³/mol. The highest BCUT2D eigenvalue weighted by Crippen LogP contribution is 2.20. The minimum Gasteiger partial charge on any atom is -0.477 e. The van der Waals surface area contributed by atoms with E-state index in [0.29, 0.717) is 31.0 Å². The summed E-state index contributed by atoms with van der Waals surface area (Å²) in [7, 11) is 0. The van der Waals surface area contributed by atoms with Gasteiger partial charge in [0.05, 0.1) is 11.4 Å². The van der Waals surface area contributed by atoms with Crippen molar-refractivity contribution in [3.8, 4) is 0 Å². The van der Waals surface area contributed by atoms with Gasteiger partial charge in [0.15, 0.2) is 0 Å². The average molecular weight is 400 g/mol. The molecule has 2 aromatic heterocycles. The van der Waals surface area contributed by atoms with Crippen molar-refractivity contribution in [2.24, 2.45) is 5.41 Å². The van der Waals surface area contributed by atoms with Crippen LogP contribution in [0.5, 0.6) is 0 Å². The van der Waals surface area contributed by atoms with Crippen LogP contribution in [0.15, 0.2) is 36.4 Å². The lowest BCUT2D eigenvalue weighted by Crippen LogP contribution is -2.41. The Morgan fingerprint density at radius 3 is 1.93 bits per heavy atom. The highest BCUT2D eigenvalue weighted by molar-refractivity contribution is 5.85. The monoisotopic (exact) mass is 400 g/mol. The molecule has 4 N–H and O–H groups in total. The van der Waals surface area contributed by atoms with Gasteiger partial charge in [-0.25, -0.2) is 19.6 Å². The summed E-state index contributed by atoms with van der Waals surface area (Å²) in [5, 5.41) is 24.9. The van der Waals surface area contributed by atoms with Crippen molar-refractivity contribution in [1.29, 1.82) is 0 Å². The highest BCUT2D eigenvalue weighted by atomic mass is 16.4. The zero-order chi connectivity index (χ0) is 21.4. The van der Waals surface area contributed by atoms with Gasteiger partial charge in [-0.2, -0.15) is 0 Å². The van der Waals surface area contributed by atoms with Crippen molar-refractivity contribution < 1.29 is 19.8 Å². The van der Waals surface area contributed by atoms with Gasteiger partial charge in [-0.15, -0.1) is 0 Å². The summed E-state index contributed by atoms with van der Waals surface area (Å²) in [6.45, 7) is 8.02. The minimum atomic E-state index is -1.05. The van der Waals surface area contributed by atoms with Crippen LogP contribution in [0, 0.1) is 5.41 Å². The molecule has 0 saturated heterocycles. The summed E-state index contributed by atoms with van der Waals surface area (Å²) in [5.41, 5.74) is 1.48. The molecule has 0 aliphatic carbocycles. The average Bonchev–Trinajstić information content (AvgIpc) is 2.65. The molecule has 0 saturated carbocycles. The highest BCUT2D eigenvalue weighted by Gasteiger charge is 2.19. The lowest BCUT2D eigenvalue weighted by atomic mass is 9.88. The third-order valence-corrected chi connectivity index (χ3v) is 4.18. The Morgan fingerprint density at radius 1 is 0.931 bits per heavy atom. The molecule has 0 aliphatic heterocycles. The van der Waals surface area contributed by atoms with Crippen molar-refractivity contribution >= 4 is 11.9 Å². The van der Waals surface area contributed by atoms with E-state index in [-0.39, 0.29) is 22.8 Å². The van der Waals surface area contributed by atoms with Gasteiger partial charge < -0.3 is 20.8 Å². The number of nitrogens with one attached hydrogen (secondary N) is 2. The summed E-state index contributed by atoms with van der Waals surface area (Å²) in [5.74, 6) is -2.09. The molecular formula is C21H28N4O4.